The Balaban J connectivity index is 0. The van der Waals surface area contributed by atoms with Gasteiger partial charge in [0, 0.05) is 0 Å². The Morgan fingerprint density at radius 1 is 1.46 bits per heavy atom. The van der Waals surface area contributed by atoms with E-state index < -0.39 is 18.4 Å². The molecular formula is C6H8BClF2NNaO. The fourth-order valence-electron chi connectivity index (χ4n) is 0.590. The average molecular weight is 217 g/mol. The van der Waals surface area contributed by atoms with Gasteiger partial charge >= 0.3 is 29.6 Å². The van der Waals surface area contributed by atoms with Crippen LogP contribution in [0.1, 0.15) is 5.69 Å². The fraction of sp³-hybridized carbons (Fsp3) is 0.167. The normalized spacial score (nSPS) is 8.62. The van der Waals surface area contributed by atoms with Crippen LogP contribution in [0.2, 0.25) is 5.02 Å². The molecule has 1 rings (SSSR count). The van der Waals surface area contributed by atoms with Gasteiger partial charge in [0.15, 0.2) is 5.82 Å². The number of halogens is 3. The van der Waals surface area contributed by atoms with Crippen molar-refractivity contribution in [1.82, 2.24) is 4.98 Å². The summed E-state index contributed by atoms with van der Waals surface area (Å²) in [6.45, 7) is -0.504. The van der Waals surface area contributed by atoms with Crippen LogP contribution in [-0.2, 0) is 6.61 Å². The zero-order valence-electron chi connectivity index (χ0n) is 6.31. The van der Waals surface area contributed by atoms with E-state index in [4.69, 9.17) is 16.7 Å². The summed E-state index contributed by atoms with van der Waals surface area (Å²) in [5, 5.41) is 8.42. The minimum atomic E-state index is -1.25. The molecule has 0 aliphatic heterocycles. The number of aliphatic hydroxyl groups is 1. The molecule has 0 unspecified atom stereocenters. The molecule has 0 atom stereocenters. The predicted molar refractivity (Wildman–Crippen MR) is 46.4 cm³/mol. The van der Waals surface area contributed by atoms with Gasteiger partial charge in [-0.1, -0.05) is 20.0 Å². The first kappa shape index (κ1) is 15.8. The van der Waals surface area contributed by atoms with Crippen LogP contribution in [0.4, 0.5) is 8.78 Å². The van der Waals surface area contributed by atoms with E-state index in [0.29, 0.717) is 0 Å². The summed E-state index contributed by atoms with van der Waals surface area (Å²) in [4.78, 5) is 3.07. The van der Waals surface area contributed by atoms with Crippen molar-refractivity contribution in [2.24, 2.45) is 0 Å². The number of pyridine rings is 1. The summed E-state index contributed by atoms with van der Waals surface area (Å²) >= 11 is 5.37. The standard InChI is InChI=1S/C6H4ClF2NO.BH4.Na/c7-3-1-4(8)6(9)10-5(3)2-11;;/h1,11H,2H2;1H4;/q;-1;+1. The van der Waals surface area contributed by atoms with Gasteiger partial charge in [0.1, 0.15) is 0 Å². The van der Waals surface area contributed by atoms with E-state index in [-0.39, 0.29) is 48.7 Å². The van der Waals surface area contributed by atoms with Crippen molar-refractivity contribution in [3.8, 4) is 0 Å². The van der Waals surface area contributed by atoms with Crippen LogP contribution in [0.25, 0.3) is 0 Å². The summed E-state index contributed by atoms with van der Waals surface area (Å²) in [6, 6.07) is 0.773. The summed E-state index contributed by atoms with van der Waals surface area (Å²) in [7, 11) is 0. The first-order chi connectivity index (χ1) is 5.15. The van der Waals surface area contributed by atoms with Crippen LogP contribution in [0.3, 0.4) is 0 Å². The van der Waals surface area contributed by atoms with Crippen LogP contribution >= 0.6 is 11.6 Å². The quantitative estimate of drug-likeness (QED) is 0.403. The number of hydrogen-bond acceptors (Lipinski definition) is 2. The maximum atomic E-state index is 12.3. The molecule has 68 valence electrons. The van der Waals surface area contributed by atoms with Crippen LogP contribution < -0.4 is 29.6 Å². The third-order valence-electron chi connectivity index (χ3n) is 1.11. The Hall–Kier alpha value is 0.325. The van der Waals surface area contributed by atoms with Crippen LogP contribution in [0, 0.1) is 11.8 Å². The molecule has 0 amide bonds. The number of nitrogens with zero attached hydrogens (tertiary/aromatic N) is 1. The fourth-order valence-corrected chi connectivity index (χ4v) is 0.788. The molecule has 0 saturated heterocycles. The Kier molecular flexibility index (Phi) is 8.17. The van der Waals surface area contributed by atoms with Crippen molar-refractivity contribution >= 4 is 20.0 Å². The molecule has 0 aliphatic carbocycles. The minimum absolute atomic E-state index is 0. The smallest absolute Gasteiger partial charge is 0.390 e. The summed E-state index contributed by atoms with van der Waals surface area (Å²) in [5.74, 6) is -2.37. The van der Waals surface area contributed by atoms with Crippen molar-refractivity contribution in [3.05, 3.63) is 28.5 Å². The van der Waals surface area contributed by atoms with Gasteiger partial charge in [0.05, 0.1) is 17.3 Å². The summed E-state index contributed by atoms with van der Waals surface area (Å²) in [5.41, 5.74) is -0.0643. The van der Waals surface area contributed by atoms with Crippen LogP contribution in [0.15, 0.2) is 6.07 Å². The SMILES string of the molecule is OCc1nc(F)c(F)cc1Cl.[BH4-].[Na+]. The summed E-state index contributed by atoms with van der Waals surface area (Å²) < 4.78 is 24.6. The maximum Gasteiger partial charge on any atom is 1.00 e. The van der Waals surface area contributed by atoms with Crippen molar-refractivity contribution < 1.29 is 43.4 Å². The van der Waals surface area contributed by atoms with E-state index in [2.05, 4.69) is 4.98 Å². The number of aromatic nitrogens is 1. The second-order valence-corrected chi connectivity index (χ2v) is 2.25. The second kappa shape index (κ2) is 6.73. The Bertz CT molecular complexity index is 290. The van der Waals surface area contributed by atoms with E-state index in [1.807, 2.05) is 0 Å². The molecule has 0 fully saturated rings. The third kappa shape index (κ3) is 3.91. The van der Waals surface area contributed by atoms with Crippen molar-refractivity contribution in [1.29, 1.82) is 0 Å². The van der Waals surface area contributed by atoms with Gasteiger partial charge in [-0.3, -0.25) is 0 Å². The predicted octanol–water partition coefficient (Wildman–Crippen LogP) is -2.94. The molecule has 0 radical (unpaired) electrons. The second-order valence-electron chi connectivity index (χ2n) is 1.85. The number of rotatable bonds is 1. The van der Waals surface area contributed by atoms with Crippen molar-refractivity contribution in [2.75, 3.05) is 0 Å². The largest absolute Gasteiger partial charge is 1.00 e. The van der Waals surface area contributed by atoms with Crippen LogP contribution in [-0.4, -0.2) is 18.5 Å². The van der Waals surface area contributed by atoms with Crippen molar-refractivity contribution in [3.63, 3.8) is 0 Å². The molecular weight excluding hydrogens is 209 g/mol. The van der Waals surface area contributed by atoms with E-state index in [0.717, 1.165) is 6.07 Å². The first-order valence-electron chi connectivity index (χ1n) is 2.76. The number of aliphatic hydroxyl groups excluding tert-OH is 1. The summed E-state index contributed by atoms with van der Waals surface area (Å²) in [6.07, 6.45) is 0. The Morgan fingerprint density at radius 3 is 2.46 bits per heavy atom. The van der Waals surface area contributed by atoms with Gasteiger partial charge < -0.3 is 5.11 Å². The Morgan fingerprint density at radius 2 is 2.00 bits per heavy atom. The monoisotopic (exact) mass is 217 g/mol. The van der Waals surface area contributed by atoms with Gasteiger partial charge in [0.2, 0.25) is 5.95 Å². The van der Waals surface area contributed by atoms with Gasteiger partial charge in [-0.2, -0.15) is 4.39 Å². The molecule has 1 aromatic rings. The van der Waals surface area contributed by atoms with E-state index in [9.17, 15) is 8.78 Å². The van der Waals surface area contributed by atoms with E-state index >= 15 is 0 Å². The molecule has 0 aliphatic rings. The molecule has 1 N–H and O–H groups in total. The van der Waals surface area contributed by atoms with Gasteiger partial charge in [-0.05, 0) is 6.07 Å². The number of hydrogen-bond donors (Lipinski definition) is 1. The van der Waals surface area contributed by atoms with E-state index in [1.54, 1.807) is 0 Å². The van der Waals surface area contributed by atoms with E-state index in [1.165, 1.54) is 0 Å². The van der Waals surface area contributed by atoms with Gasteiger partial charge in [0.25, 0.3) is 0 Å². The molecule has 7 heteroatoms. The molecule has 2 nitrogen and oxygen atoms in total. The maximum absolute atomic E-state index is 12.3. The first-order valence-corrected chi connectivity index (χ1v) is 3.14. The Labute approximate surface area is 103 Å². The third-order valence-corrected chi connectivity index (χ3v) is 1.44. The molecule has 1 aromatic heterocycles. The zero-order chi connectivity index (χ0) is 8.43. The zero-order valence-corrected chi connectivity index (χ0v) is 9.07. The molecule has 1 heterocycles. The van der Waals surface area contributed by atoms with Crippen molar-refractivity contribution in [2.45, 2.75) is 6.61 Å². The molecule has 13 heavy (non-hydrogen) atoms. The molecule has 0 aromatic carbocycles. The van der Waals surface area contributed by atoms with Gasteiger partial charge in [-0.25, -0.2) is 9.37 Å². The minimum Gasteiger partial charge on any atom is -0.390 e. The van der Waals surface area contributed by atoms with Crippen LogP contribution in [0.5, 0.6) is 0 Å². The molecule has 0 spiro atoms. The topological polar surface area (TPSA) is 33.1 Å². The molecule has 0 bridgehead atoms. The average Bonchev–Trinajstić information content (AvgIpc) is 1.97. The van der Waals surface area contributed by atoms with Gasteiger partial charge in [-0.15, -0.1) is 0 Å². The molecule has 0 saturated carbocycles.